The summed E-state index contributed by atoms with van der Waals surface area (Å²) in [6, 6.07) is 10.7. The second-order valence-corrected chi connectivity index (χ2v) is 4.27. The molecule has 0 aliphatic rings. The van der Waals surface area contributed by atoms with Crippen LogP contribution in [0.25, 0.3) is 11.1 Å². The standard InChI is InChI=1S/C15H11F3O/c1-10-5-6-13(8-14(10)15(16,17)18)12-4-2-3-11(7-12)9-19/h2-9H,1H3. The van der Waals surface area contributed by atoms with Gasteiger partial charge >= 0.3 is 6.18 Å². The second-order valence-electron chi connectivity index (χ2n) is 4.27. The summed E-state index contributed by atoms with van der Waals surface area (Å²) in [6.07, 6.45) is -3.70. The van der Waals surface area contributed by atoms with Gasteiger partial charge in [-0.05, 0) is 35.7 Å². The van der Waals surface area contributed by atoms with Gasteiger partial charge in [0.05, 0.1) is 5.56 Å². The molecule has 0 fully saturated rings. The van der Waals surface area contributed by atoms with Crippen LogP contribution in [-0.2, 0) is 6.18 Å². The maximum Gasteiger partial charge on any atom is 0.416 e. The van der Waals surface area contributed by atoms with E-state index in [1.807, 2.05) is 0 Å². The monoisotopic (exact) mass is 264 g/mol. The lowest BCUT2D eigenvalue weighted by atomic mass is 9.98. The first-order valence-corrected chi connectivity index (χ1v) is 5.65. The fourth-order valence-electron chi connectivity index (χ4n) is 1.90. The van der Waals surface area contributed by atoms with Gasteiger partial charge < -0.3 is 0 Å². The van der Waals surface area contributed by atoms with Crippen molar-refractivity contribution in [2.24, 2.45) is 0 Å². The van der Waals surface area contributed by atoms with Crippen LogP contribution in [0.15, 0.2) is 42.5 Å². The normalized spacial score (nSPS) is 11.4. The number of halogens is 3. The third-order valence-corrected chi connectivity index (χ3v) is 2.90. The van der Waals surface area contributed by atoms with Crippen LogP contribution in [-0.4, -0.2) is 6.29 Å². The van der Waals surface area contributed by atoms with Gasteiger partial charge in [-0.2, -0.15) is 13.2 Å². The van der Waals surface area contributed by atoms with E-state index in [1.165, 1.54) is 13.0 Å². The fourth-order valence-corrected chi connectivity index (χ4v) is 1.90. The van der Waals surface area contributed by atoms with Crippen LogP contribution in [0.3, 0.4) is 0 Å². The molecule has 0 radical (unpaired) electrons. The van der Waals surface area contributed by atoms with Gasteiger partial charge in [0.25, 0.3) is 0 Å². The average molecular weight is 264 g/mol. The predicted octanol–water partition coefficient (Wildman–Crippen LogP) is 4.49. The van der Waals surface area contributed by atoms with Gasteiger partial charge in [-0.25, -0.2) is 0 Å². The molecule has 0 aliphatic heterocycles. The summed E-state index contributed by atoms with van der Waals surface area (Å²) in [6.45, 7) is 1.43. The molecule has 0 saturated heterocycles. The molecule has 0 aliphatic carbocycles. The highest BCUT2D eigenvalue weighted by molar-refractivity contribution is 5.79. The SMILES string of the molecule is Cc1ccc(-c2cccc(C=O)c2)cc1C(F)(F)F. The lowest BCUT2D eigenvalue weighted by Gasteiger charge is -2.12. The Bertz CT molecular complexity index is 615. The summed E-state index contributed by atoms with van der Waals surface area (Å²) in [4.78, 5) is 10.7. The Hall–Kier alpha value is -2.10. The maximum atomic E-state index is 12.8. The van der Waals surface area contributed by atoms with Crippen molar-refractivity contribution in [2.75, 3.05) is 0 Å². The molecule has 1 nitrogen and oxygen atoms in total. The number of hydrogen-bond acceptors (Lipinski definition) is 1. The minimum Gasteiger partial charge on any atom is -0.298 e. The zero-order valence-electron chi connectivity index (χ0n) is 10.2. The Morgan fingerprint density at radius 3 is 2.32 bits per heavy atom. The molecule has 0 unspecified atom stereocenters. The highest BCUT2D eigenvalue weighted by Gasteiger charge is 2.32. The number of carbonyl (C=O) groups excluding carboxylic acids is 1. The minimum atomic E-state index is -4.37. The third-order valence-electron chi connectivity index (χ3n) is 2.90. The van der Waals surface area contributed by atoms with Gasteiger partial charge in [0.1, 0.15) is 6.29 Å². The quantitative estimate of drug-likeness (QED) is 0.730. The molecule has 0 saturated carbocycles. The lowest BCUT2D eigenvalue weighted by Crippen LogP contribution is -2.07. The van der Waals surface area contributed by atoms with Crippen molar-refractivity contribution in [1.29, 1.82) is 0 Å². The van der Waals surface area contributed by atoms with Crippen molar-refractivity contribution < 1.29 is 18.0 Å². The highest BCUT2D eigenvalue weighted by atomic mass is 19.4. The Morgan fingerprint density at radius 2 is 1.68 bits per heavy atom. The first-order chi connectivity index (χ1) is 8.91. The summed E-state index contributed by atoms with van der Waals surface area (Å²) < 4.78 is 38.5. The van der Waals surface area contributed by atoms with E-state index < -0.39 is 11.7 Å². The van der Waals surface area contributed by atoms with Gasteiger partial charge in [-0.15, -0.1) is 0 Å². The first-order valence-electron chi connectivity index (χ1n) is 5.65. The van der Waals surface area contributed by atoms with Crippen molar-refractivity contribution in [1.82, 2.24) is 0 Å². The second kappa shape index (κ2) is 4.88. The summed E-state index contributed by atoms with van der Waals surface area (Å²) >= 11 is 0. The molecule has 0 aromatic heterocycles. The van der Waals surface area contributed by atoms with Crippen LogP contribution < -0.4 is 0 Å². The molecular weight excluding hydrogens is 253 g/mol. The van der Waals surface area contributed by atoms with Gasteiger partial charge in [0.15, 0.2) is 0 Å². The van der Waals surface area contributed by atoms with Crippen LogP contribution in [0, 0.1) is 6.92 Å². The van der Waals surface area contributed by atoms with E-state index >= 15 is 0 Å². The number of rotatable bonds is 2. The van der Waals surface area contributed by atoms with Crippen molar-refractivity contribution in [2.45, 2.75) is 13.1 Å². The molecule has 0 bridgehead atoms. The smallest absolute Gasteiger partial charge is 0.298 e. The van der Waals surface area contributed by atoms with Crippen molar-refractivity contribution in [3.8, 4) is 11.1 Å². The van der Waals surface area contributed by atoms with E-state index in [0.29, 0.717) is 23.0 Å². The van der Waals surface area contributed by atoms with Crippen LogP contribution >= 0.6 is 0 Å². The Balaban J connectivity index is 2.54. The number of carbonyl (C=O) groups is 1. The third kappa shape index (κ3) is 2.84. The Kier molecular flexibility index (Phi) is 3.42. The summed E-state index contributed by atoms with van der Waals surface area (Å²) in [5, 5.41) is 0. The van der Waals surface area contributed by atoms with E-state index in [0.717, 1.165) is 6.07 Å². The first kappa shape index (κ1) is 13.3. The Morgan fingerprint density at radius 1 is 1.00 bits per heavy atom. The average Bonchev–Trinajstić information content (AvgIpc) is 2.38. The van der Waals surface area contributed by atoms with Crippen LogP contribution in [0.2, 0.25) is 0 Å². The van der Waals surface area contributed by atoms with E-state index in [4.69, 9.17) is 0 Å². The van der Waals surface area contributed by atoms with Crippen molar-refractivity contribution >= 4 is 6.29 Å². The minimum absolute atomic E-state index is 0.183. The van der Waals surface area contributed by atoms with Crippen LogP contribution in [0.5, 0.6) is 0 Å². The molecule has 2 aromatic rings. The van der Waals surface area contributed by atoms with Crippen molar-refractivity contribution in [3.63, 3.8) is 0 Å². The zero-order chi connectivity index (χ0) is 14.0. The highest BCUT2D eigenvalue weighted by Crippen LogP contribution is 2.34. The van der Waals surface area contributed by atoms with E-state index in [1.54, 1.807) is 30.3 Å². The number of hydrogen-bond donors (Lipinski definition) is 0. The van der Waals surface area contributed by atoms with Gasteiger partial charge in [-0.3, -0.25) is 4.79 Å². The van der Waals surface area contributed by atoms with Crippen LogP contribution in [0.4, 0.5) is 13.2 Å². The zero-order valence-corrected chi connectivity index (χ0v) is 10.2. The summed E-state index contributed by atoms with van der Waals surface area (Å²) in [7, 11) is 0. The van der Waals surface area contributed by atoms with E-state index in [9.17, 15) is 18.0 Å². The maximum absolute atomic E-state index is 12.8. The number of alkyl halides is 3. The van der Waals surface area contributed by atoms with Gasteiger partial charge in [0, 0.05) is 5.56 Å². The van der Waals surface area contributed by atoms with Crippen LogP contribution in [0.1, 0.15) is 21.5 Å². The number of benzene rings is 2. The fraction of sp³-hybridized carbons (Fsp3) is 0.133. The molecule has 2 rings (SSSR count). The number of aldehydes is 1. The molecule has 0 spiro atoms. The van der Waals surface area contributed by atoms with Gasteiger partial charge in [0.2, 0.25) is 0 Å². The molecule has 0 N–H and O–H groups in total. The predicted molar refractivity (Wildman–Crippen MR) is 67.0 cm³/mol. The molecule has 19 heavy (non-hydrogen) atoms. The van der Waals surface area contributed by atoms with E-state index in [2.05, 4.69) is 0 Å². The summed E-state index contributed by atoms with van der Waals surface area (Å²) in [5.41, 5.74) is 1.01. The molecule has 0 amide bonds. The van der Waals surface area contributed by atoms with Crippen molar-refractivity contribution in [3.05, 3.63) is 59.2 Å². The molecule has 98 valence electrons. The lowest BCUT2D eigenvalue weighted by molar-refractivity contribution is -0.138. The Labute approximate surface area is 108 Å². The molecule has 0 heterocycles. The van der Waals surface area contributed by atoms with Gasteiger partial charge in [-0.1, -0.05) is 30.3 Å². The number of aryl methyl sites for hydroxylation is 1. The van der Waals surface area contributed by atoms with E-state index in [-0.39, 0.29) is 5.56 Å². The largest absolute Gasteiger partial charge is 0.416 e. The topological polar surface area (TPSA) is 17.1 Å². The molecule has 2 aromatic carbocycles. The molecule has 4 heteroatoms. The molecule has 0 atom stereocenters. The summed E-state index contributed by atoms with van der Waals surface area (Å²) in [5.74, 6) is 0. The molecular formula is C15H11F3O.